The second-order valence-corrected chi connectivity index (χ2v) is 7.63. The van der Waals surface area contributed by atoms with Crippen LogP contribution < -0.4 is 0 Å². The highest BCUT2D eigenvalue weighted by Crippen LogP contribution is 2.28. The van der Waals surface area contributed by atoms with E-state index in [4.69, 9.17) is 0 Å². The van der Waals surface area contributed by atoms with E-state index in [0.29, 0.717) is 24.3 Å². The third kappa shape index (κ3) is 2.96. The third-order valence-electron chi connectivity index (χ3n) is 3.85. The Kier molecular flexibility index (Phi) is 4.39. The van der Waals surface area contributed by atoms with Gasteiger partial charge in [0, 0.05) is 20.6 Å². The SMILES string of the molecule is Cc1ccc(S(=O)(=O)N2CCCC2C(=O)N(C)C)c(C)c1. The van der Waals surface area contributed by atoms with Gasteiger partial charge in [0.25, 0.3) is 0 Å². The van der Waals surface area contributed by atoms with Gasteiger partial charge in [-0.15, -0.1) is 0 Å². The summed E-state index contributed by atoms with van der Waals surface area (Å²) in [5.41, 5.74) is 1.74. The van der Waals surface area contributed by atoms with Crippen LogP contribution in [0.3, 0.4) is 0 Å². The van der Waals surface area contributed by atoms with Crippen LogP contribution in [0.1, 0.15) is 24.0 Å². The van der Waals surface area contributed by atoms with E-state index in [0.717, 1.165) is 11.1 Å². The fraction of sp³-hybridized carbons (Fsp3) is 0.533. The lowest BCUT2D eigenvalue weighted by Crippen LogP contribution is -2.45. The van der Waals surface area contributed by atoms with E-state index in [1.807, 2.05) is 13.0 Å². The highest BCUT2D eigenvalue weighted by Gasteiger charge is 2.40. The number of sulfonamides is 1. The number of rotatable bonds is 3. The van der Waals surface area contributed by atoms with Gasteiger partial charge in [-0.3, -0.25) is 4.79 Å². The maximum absolute atomic E-state index is 12.9. The van der Waals surface area contributed by atoms with Crippen LogP contribution in [0.4, 0.5) is 0 Å². The molecular formula is C15H22N2O3S. The molecule has 1 aromatic rings. The summed E-state index contributed by atoms with van der Waals surface area (Å²) in [5.74, 6) is -0.152. The summed E-state index contributed by atoms with van der Waals surface area (Å²) in [6.07, 6.45) is 1.30. The Labute approximate surface area is 126 Å². The molecule has 0 N–H and O–H groups in total. The van der Waals surface area contributed by atoms with E-state index >= 15 is 0 Å². The minimum Gasteiger partial charge on any atom is -0.347 e. The standard InChI is InChI=1S/C15H22N2O3S/c1-11-7-8-14(12(2)10-11)21(19,20)17-9-5-6-13(17)15(18)16(3)4/h7-8,10,13H,5-6,9H2,1-4H3. The van der Waals surface area contributed by atoms with Gasteiger partial charge in [-0.05, 0) is 38.3 Å². The lowest BCUT2D eigenvalue weighted by Gasteiger charge is -2.26. The largest absolute Gasteiger partial charge is 0.347 e. The summed E-state index contributed by atoms with van der Waals surface area (Å²) >= 11 is 0. The van der Waals surface area contributed by atoms with Crippen molar-refractivity contribution < 1.29 is 13.2 Å². The van der Waals surface area contributed by atoms with Crippen molar-refractivity contribution in [2.24, 2.45) is 0 Å². The van der Waals surface area contributed by atoms with Crippen molar-refractivity contribution in [1.29, 1.82) is 0 Å². The first-order valence-electron chi connectivity index (χ1n) is 7.05. The topological polar surface area (TPSA) is 57.7 Å². The third-order valence-corrected chi connectivity index (χ3v) is 5.91. The number of hydrogen-bond acceptors (Lipinski definition) is 3. The Morgan fingerprint density at radius 1 is 1.29 bits per heavy atom. The molecule has 0 aliphatic carbocycles. The number of aryl methyl sites for hydroxylation is 2. The predicted molar refractivity (Wildman–Crippen MR) is 81.5 cm³/mol. The molecule has 1 aliphatic heterocycles. The fourth-order valence-corrected chi connectivity index (χ4v) is 4.65. The monoisotopic (exact) mass is 310 g/mol. The van der Waals surface area contributed by atoms with Gasteiger partial charge in [0.05, 0.1) is 4.90 Å². The van der Waals surface area contributed by atoms with E-state index in [9.17, 15) is 13.2 Å². The molecule has 1 saturated heterocycles. The van der Waals surface area contributed by atoms with E-state index < -0.39 is 16.1 Å². The van der Waals surface area contributed by atoms with E-state index in [-0.39, 0.29) is 5.91 Å². The number of carbonyl (C=O) groups excluding carboxylic acids is 1. The van der Waals surface area contributed by atoms with Crippen LogP contribution in [0.2, 0.25) is 0 Å². The van der Waals surface area contributed by atoms with Gasteiger partial charge in [0.1, 0.15) is 6.04 Å². The number of carbonyl (C=O) groups is 1. The van der Waals surface area contributed by atoms with Gasteiger partial charge >= 0.3 is 0 Å². The number of likely N-dealkylation sites (N-methyl/N-ethyl adjacent to an activating group) is 1. The molecule has 0 bridgehead atoms. The van der Waals surface area contributed by atoms with E-state index in [2.05, 4.69) is 0 Å². The molecule has 0 spiro atoms. The van der Waals surface area contributed by atoms with Crippen LogP contribution in [-0.2, 0) is 14.8 Å². The average Bonchev–Trinajstić information content (AvgIpc) is 2.86. The van der Waals surface area contributed by atoms with Crippen LogP contribution in [0, 0.1) is 13.8 Å². The lowest BCUT2D eigenvalue weighted by atomic mass is 10.2. The Balaban J connectivity index is 2.41. The zero-order chi connectivity index (χ0) is 15.8. The van der Waals surface area contributed by atoms with Crippen molar-refractivity contribution in [1.82, 2.24) is 9.21 Å². The van der Waals surface area contributed by atoms with Gasteiger partial charge in [0.15, 0.2) is 0 Å². The maximum Gasteiger partial charge on any atom is 0.244 e. The molecule has 1 amide bonds. The normalized spacial score (nSPS) is 19.7. The molecule has 0 aromatic heterocycles. The van der Waals surface area contributed by atoms with Crippen molar-refractivity contribution in [3.05, 3.63) is 29.3 Å². The minimum atomic E-state index is -3.63. The van der Waals surface area contributed by atoms with Crippen LogP contribution >= 0.6 is 0 Å². The maximum atomic E-state index is 12.9. The van der Waals surface area contributed by atoms with Gasteiger partial charge in [0.2, 0.25) is 15.9 Å². The molecule has 1 aliphatic rings. The van der Waals surface area contributed by atoms with Crippen molar-refractivity contribution in [3.8, 4) is 0 Å². The summed E-state index contributed by atoms with van der Waals surface area (Å²) in [6, 6.07) is 4.70. The number of hydrogen-bond donors (Lipinski definition) is 0. The summed E-state index contributed by atoms with van der Waals surface area (Å²) < 4.78 is 27.1. The zero-order valence-corrected chi connectivity index (χ0v) is 13.8. The summed E-state index contributed by atoms with van der Waals surface area (Å²) in [5, 5.41) is 0. The highest BCUT2D eigenvalue weighted by atomic mass is 32.2. The number of nitrogens with zero attached hydrogens (tertiary/aromatic N) is 2. The Morgan fingerprint density at radius 3 is 2.52 bits per heavy atom. The molecule has 1 fully saturated rings. The summed E-state index contributed by atoms with van der Waals surface area (Å²) in [7, 11) is -0.317. The molecular weight excluding hydrogens is 288 g/mol. The predicted octanol–water partition coefficient (Wildman–Crippen LogP) is 1.54. The van der Waals surface area contributed by atoms with Crippen LogP contribution in [0.5, 0.6) is 0 Å². The lowest BCUT2D eigenvalue weighted by molar-refractivity contribution is -0.132. The fourth-order valence-electron chi connectivity index (χ4n) is 2.79. The van der Waals surface area contributed by atoms with Crippen molar-refractivity contribution >= 4 is 15.9 Å². The molecule has 1 unspecified atom stereocenters. The quantitative estimate of drug-likeness (QED) is 0.851. The van der Waals surface area contributed by atoms with Gasteiger partial charge in [-0.2, -0.15) is 4.31 Å². The van der Waals surface area contributed by atoms with Crippen LogP contribution in [0.25, 0.3) is 0 Å². The smallest absolute Gasteiger partial charge is 0.244 e. The van der Waals surface area contributed by atoms with Crippen LogP contribution in [0.15, 0.2) is 23.1 Å². The molecule has 1 aromatic carbocycles. The van der Waals surface area contributed by atoms with E-state index in [1.54, 1.807) is 33.2 Å². The molecule has 6 heteroatoms. The van der Waals surface area contributed by atoms with Crippen LogP contribution in [-0.4, -0.2) is 50.2 Å². The highest BCUT2D eigenvalue weighted by molar-refractivity contribution is 7.89. The summed E-state index contributed by atoms with van der Waals surface area (Å²) in [6.45, 7) is 4.12. The van der Waals surface area contributed by atoms with Gasteiger partial charge in [-0.1, -0.05) is 17.7 Å². The second kappa shape index (κ2) is 5.77. The molecule has 2 rings (SSSR count). The number of amides is 1. The first-order valence-corrected chi connectivity index (χ1v) is 8.49. The molecule has 1 atom stereocenters. The molecule has 116 valence electrons. The zero-order valence-electron chi connectivity index (χ0n) is 13.0. The molecule has 21 heavy (non-hydrogen) atoms. The van der Waals surface area contributed by atoms with Crippen molar-refractivity contribution in [2.75, 3.05) is 20.6 Å². The molecule has 0 saturated carbocycles. The van der Waals surface area contributed by atoms with E-state index in [1.165, 1.54) is 9.21 Å². The minimum absolute atomic E-state index is 0.152. The van der Waals surface area contributed by atoms with Gasteiger partial charge < -0.3 is 4.90 Å². The Hall–Kier alpha value is -1.40. The molecule has 5 nitrogen and oxygen atoms in total. The van der Waals surface area contributed by atoms with Crippen molar-refractivity contribution in [2.45, 2.75) is 37.6 Å². The first kappa shape index (κ1) is 16.0. The Bertz CT molecular complexity index is 653. The molecule has 0 radical (unpaired) electrons. The second-order valence-electron chi connectivity index (χ2n) is 5.78. The number of benzene rings is 1. The average molecular weight is 310 g/mol. The van der Waals surface area contributed by atoms with Crippen molar-refractivity contribution in [3.63, 3.8) is 0 Å². The first-order chi connectivity index (χ1) is 9.75. The Morgan fingerprint density at radius 2 is 1.95 bits per heavy atom. The molecule has 1 heterocycles. The van der Waals surface area contributed by atoms with Gasteiger partial charge in [-0.25, -0.2) is 8.42 Å². The summed E-state index contributed by atoms with van der Waals surface area (Å²) in [4.78, 5) is 13.9.